The Morgan fingerprint density at radius 1 is 1.16 bits per heavy atom. The highest BCUT2D eigenvalue weighted by Crippen LogP contribution is 2.26. The van der Waals surface area contributed by atoms with E-state index in [4.69, 9.17) is 20.8 Å². The SMILES string of the molecule is Cc1ccc(-c2nnc(C(C)OC(=O)CSc3nncn3-c3ccc(C)c(Cl)c3)o2)cc1. The van der Waals surface area contributed by atoms with E-state index in [0.717, 1.165) is 22.4 Å². The molecule has 32 heavy (non-hydrogen) atoms. The van der Waals surface area contributed by atoms with Crippen LogP contribution >= 0.6 is 23.4 Å². The van der Waals surface area contributed by atoms with E-state index in [0.29, 0.717) is 16.1 Å². The maximum absolute atomic E-state index is 12.4. The van der Waals surface area contributed by atoms with Crippen LogP contribution in [0, 0.1) is 13.8 Å². The molecule has 1 unspecified atom stereocenters. The predicted molar refractivity (Wildman–Crippen MR) is 121 cm³/mol. The fraction of sp³-hybridized carbons (Fsp3) is 0.227. The molecule has 0 amide bonds. The maximum Gasteiger partial charge on any atom is 0.317 e. The van der Waals surface area contributed by atoms with Gasteiger partial charge in [-0.05, 0) is 50.6 Å². The van der Waals surface area contributed by atoms with E-state index < -0.39 is 12.1 Å². The number of carbonyl (C=O) groups is 1. The van der Waals surface area contributed by atoms with Crippen LogP contribution in [0.3, 0.4) is 0 Å². The lowest BCUT2D eigenvalue weighted by Gasteiger charge is -2.10. The standard InChI is InChI=1S/C22H20ClN5O3S/c1-13-4-7-16(8-5-13)21-26-25-20(31-21)15(3)30-19(29)11-32-22-27-24-12-28(22)17-9-6-14(2)18(23)10-17/h4-10,12,15H,11H2,1-3H3. The highest BCUT2D eigenvalue weighted by Gasteiger charge is 2.20. The van der Waals surface area contributed by atoms with Gasteiger partial charge in [-0.15, -0.1) is 20.4 Å². The molecule has 1 atom stereocenters. The van der Waals surface area contributed by atoms with Crippen LogP contribution in [0.15, 0.2) is 58.4 Å². The quantitative estimate of drug-likeness (QED) is 0.276. The monoisotopic (exact) mass is 469 g/mol. The number of nitrogens with zero attached hydrogens (tertiary/aromatic N) is 5. The fourth-order valence-electron chi connectivity index (χ4n) is 2.85. The van der Waals surface area contributed by atoms with Crippen LogP contribution in [0.2, 0.25) is 5.02 Å². The van der Waals surface area contributed by atoms with Crippen molar-refractivity contribution in [2.24, 2.45) is 0 Å². The Morgan fingerprint density at radius 3 is 2.69 bits per heavy atom. The van der Waals surface area contributed by atoms with Crippen molar-refractivity contribution in [3.05, 3.63) is 70.8 Å². The third-order valence-electron chi connectivity index (χ3n) is 4.66. The maximum atomic E-state index is 12.4. The van der Waals surface area contributed by atoms with Crippen molar-refractivity contribution >= 4 is 29.3 Å². The number of rotatable bonds is 7. The summed E-state index contributed by atoms with van der Waals surface area (Å²) >= 11 is 7.43. The average Bonchev–Trinajstić information content (AvgIpc) is 3.45. The molecule has 0 aliphatic heterocycles. The van der Waals surface area contributed by atoms with E-state index in [-0.39, 0.29) is 11.6 Å². The zero-order chi connectivity index (χ0) is 22.7. The minimum absolute atomic E-state index is 0.0432. The molecule has 0 saturated heterocycles. The molecule has 0 saturated carbocycles. The second-order valence-electron chi connectivity index (χ2n) is 7.15. The molecule has 2 aromatic carbocycles. The van der Waals surface area contributed by atoms with Crippen molar-refractivity contribution in [1.29, 1.82) is 0 Å². The lowest BCUT2D eigenvalue weighted by atomic mass is 10.1. The number of hydrogen-bond donors (Lipinski definition) is 0. The molecule has 0 aliphatic rings. The van der Waals surface area contributed by atoms with Gasteiger partial charge in [0, 0.05) is 10.6 Å². The molecule has 164 valence electrons. The zero-order valence-electron chi connectivity index (χ0n) is 17.7. The molecule has 0 aliphatic carbocycles. The van der Waals surface area contributed by atoms with Crippen LogP contribution < -0.4 is 0 Å². The molecule has 8 nitrogen and oxygen atoms in total. The van der Waals surface area contributed by atoms with Crippen molar-refractivity contribution in [3.8, 4) is 17.1 Å². The van der Waals surface area contributed by atoms with Crippen molar-refractivity contribution in [1.82, 2.24) is 25.0 Å². The van der Waals surface area contributed by atoms with Gasteiger partial charge in [-0.1, -0.05) is 47.1 Å². The summed E-state index contributed by atoms with van der Waals surface area (Å²) < 4.78 is 12.9. The number of halogens is 1. The van der Waals surface area contributed by atoms with Crippen molar-refractivity contribution in [2.75, 3.05) is 5.75 Å². The number of aryl methyl sites for hydroxylation is 2. The molecule has 2 aromatic heterocycles. The highest BCUT2D eigenvalue weighted by atomic mass is 35.5. The second-order valence-corrected chi connectivity index (χ2v) is 8.50. The third kappa shape index (κ3) is 5.00. The summed E-state index contributed by atoms with van der Waals surface area (Å²) in [4.78, 5) is 12.4. The summed E-state index contributed by atoms with van der Waals surface area (Å²) in [6.45, 7) is 5.62. The Labute approximate surface area is 194 Å². The molecule has 2 heterocycles. The average molecular weight is 470 g/mol. The van der Waals surface area contributed by atoms with Crippen LogP contribution in [0.25, 0.3) is 17.1 Å². The molecule has 0 spiro atoms. The van der Waals surface area contributed by atoms with E-state index in [1.165, 1.54) is 11.8 Å². The zero-order valence-corrected chi connectivity index (χ0v) is 19.2. The summed E-state index contributed by atoms with van der Waals surface area (Å²) in [6, 6.07) is 13.4. The van der Waals surface area contributed by atoms with Crippen molar-refractivity contribution in [3.63, 3.8) is 0 Å². The van der Waals surface area contributed by atoms with E-state index in [1.54, 1.807) is 17.8 Å². The van der Waals surface area contributed by atoms with Gasteiger partial charge in [0.2, 0.25) is 5.89 Å². The molecule has 4 aromatic rings. The van der Waals surface area contributed by atoms with Gasteiger partial charge in [0.1, 0.15) is 6.33 Å². The first-order valence-corrected chi connectivity index (χ1v) is 11.2. The number of benzene rings is 2. The van der Waals surface area contributed by atoms with Gasteiger partial charge < -0.3 is 9.15 Å². The van der Waals surface area contributed by atoms with Gasteiger partial charge in [0.25, 0.3) is 5.89 Å². The Kier molecular flexibility index (Phi) is 6.57. The van der Waals surface area contributed by atoms with Crippen LogP contribution in [0.5, 0.6) is 0 Å². The van der Waals surface area contributed by atoms with Crippen LogP contribution in [-0.4, -0.2) is 36.7 Å². The largest absolute Gasteiger partial charge is 0.452 e. The van der Waals surface area contributed by atoms with E-state index in [9.17, 15) is 4.79 Å². The first-order chi connectivity index (χ1) is 15.4. The van der Waals surface area contributed by atoms with E-state index >= 15 is 0 Å². The first-order valence-electron chi connectivity index (χ1n) is 9.80. The van der Waals surface area contributed by atoms with Crippen molar-refractivity contribution in [2.45, 2.75) is 32.0 Å². The van der Waals surface area contributed by atoms with Crippen LogP contribution in [-0.2, 0) is 9.53 Å². The second kappa shape index (κ2) is 9.54. The van der Waals surface area contributed by atoms with Gasteiger partial charge >= 0.3 is 5.97 Å². The lowest BCUT2D eigenvalue weighted by Crippen LogP contribution is -2.12. The number of ether oxygens (including phenoxy) is 1. The molecule has 0 bridgehead atoms. The molecule has 0 radical (unpaired) electrons. The number of thioether (sulfide) groups is 1. The van der Waals surface area contributed by atoms with Crippen LogP contribution in [0.1, 0.15) is 30.0 Å². The van der Waals surface area contributed by atoms with Gasteiger partial charge in [-0.3, -0.25) is 9.36 Å². The minimum atomic E-state index is -0.677. The summed E-state index contributed by atoms with van der Waals surface area (Å²) in [6.07, 6.45) is 0.895. The van der Waals surface area contributed by atoms with E-state index in [1.807, 2.05) is 56.3 Å². The van der Waals surface area contributed by atoms with Gasteiger partial charge in [-0.2, -0.15) is 0 Å². The predicted octanol–water partition coefficient (Wildman–Crippen LogP) is 4.98. The topological polar surface area (TPSA) is 95.9 Å². The summed E-state index contributed by atoms with van der Waals surface area (Å²) in [5.41, 5.74) is 3.72. The molecule has 10 heteroatoms. The van der Waals surface area contributed by atoms with Crippen LogP contribution in [0.4, 0.5) is 0 Å². The number of aromatic nitrogens is 5. The normalized spacial score (nSPS) is 12.0. The number of esters is 1. The summed E-state index contributed by atoms with van der Waals surface area (Å²) in [5.74, 6) is 0.217. The number of carbonyl (C=O) groups excluding carboxylic acids is 1. The molecule has 4 rings (SSSR count). The van der Waals surface area contributed by atoms with Gasteiger partial charge in [0.05, 0.1) is 11.4 Å². The minimum Gasteiger partial charge on any atom is -0.452 e. The summed E-state index contributed by atoms with van der Waals surface area (Å²) in [7, 11) is 0. The highest BCUT2D eigenvalue weighted by molar-refractivity contribution is 7.99. The fourth-order valence-corrected chi connectivity index (χ4v) is 3.73. The van der Waals surface area contributed by atoms with E-state index in [2.05, 4.69) is 20.4 Å². The first kappa shape index (κ1) is 22.0. The van der Waals surface area contributed by atoms with Crippen molar-refractivity contribution < 1.29 is 13.9 Å². The summed E-state index contributed by atoms with van der Waals surface area (Å²) in [5, 5.41) is 17.3. The van der Waals surface area contributed by atoms with Gasteiger partial charge in [0.15, 0.2) is 11.3 Å². The molecule has 0 fully saturated rings. The lowest BCUT2D eigenvalue weighted by molar-refractivity contribution is -0.146. The Morgan fingerprint density at radius 2 is 1.94 bits per heavy atom. The van der Waals surface area contributed by atoms with Gasteiger partial charge in [-0.25, -0.2) is 0 Å². The smallest absolute Gasteiger partial charge is 0.317 e. The molecule has 0 N–H and O–H groups in total. The number of hydrogen-bond acceptors (Lipinski definition) is 8. The third-order valence-corrected chi connectivity index (χ3v) is 5.99. The molecular weight excluding hydrogens is 450 g/mol. The molecular formula is C22H20ClN5O3S. The Balaban J connectivity index is 1.36. The Bertz CT molecular complexity index is 1240. The Hall–Kier alpha value is -3.17.